The molecule has 0 aromatic heterocycles. The van der Waals surface area contributed by atoms with Crippen LogP contribution in [-0.2, 0) is 16.8 Å². The Bertz CT molecular complexity index is 954. The largest absolute Gasteiger partial charge is 0.493 e. The van der Waals surface area contributed by atoms with Crippen molar-refractivity contribution >= 4 is 17.7 Å². The van der Waals surface area contributed by atoms with Crippen LogP contribution in [-0.4, -0.2) is 43.4 Å². The molecule has 1 fully saturated rings. The number of benzene rings is 2. The quantitative estimate of drug-likeness (QED) is 0.575. The fraction of sp³-hybridized carbons (Fsp3) is 0.318. The van der Waals surface area contributed by atoms with E-state index in [1.165, 1.54) is 14.2 Å². The molecule has 0 saturated carbocycles. The molecule has 1 saturated heterocycles. The molecule has 1 N–H and O–H groups in total. The first-order valence-corrected chi connectivity index (χ1v) is 9.32. The van der Waals surface area contributed by atoms with E-state index in [1.54, 1.807) is 37.3 Å². The van der Waals surface area contributed by atoms with Crippen molar-refractivity contribution in [2.24, 2.45) is 0 Å². The van der Waals surface area contributed by atoms with E-state index in [1.807, 2.05) is 19.1 Å². The molecule has 29 heavy (non-hydrogen) atoms. The first-order valence-electron chi connectivity index (χ1n) is 9.32. The van der Waals surface area contributed by atoms with E-state index in [-0.39, 0.29) is 12.3 Å². The Labute approximate surface area is 169 Å². The fourth-order valence-electron chi connectivity index (χ4n) is 3.34. The number of nitrogens with zero attached hydrogens (tertiary/aromatic N) is 1. The summed E-state index contributed by atoms with van der Waals surface area (Å²) in [6.45, 7) is 3.31. The summed E-state index contributed by atoms with van der Waals surface area (Å²) in [6.07, 6.45) is 0.866. The normalized spacial score (nSPS) is 18.6. The van der Waals surface area contributed by atoms with Crippen molar-refractivity contribution in [3.8, 4) is 11.5 Å². The van der Waals surface area contributed by atoms with Crippen molar-refractivity contribution in [3.63, 3.8) is 0 Å². The van der Waals surface area contributed by atoms with Gasteiger partial charge in [-0.05, 0) is 36.6 Å². The van der Waals surface area contributed by atoms with Gasteiger partial charge in [-0.1, -0.05) is 37.3 Å². The summed E-state index contributed by atoms with van der Waals surface area (Å²) < 4.78 is 10.5. The molecule has 0 spiro atoms. The summed E-state index contributed by atoms with van der Waals surface area (Å²) in [7, 11) is 3.01. The number of rotatable bonds is 7. The van der Waals surface area contributed by atoms with Gasteiger partial charge >= 0.3 is 6.03 Å². The first-order chi connectivity index (χ1) is 13.8. The Morgan fingerprint density at radius 1 is 1.03 bits per heavy atom. The number of carbonyl (C=O) groups is 3. The minimum atomic E-state index is -1.30. The predicted octanol–water partition coefficient (Wildman–Crippen LogP) is 2.92. The molecule has 1 aliphatic rings. The van der Waals surface area contributed by atoms with Crippen LogP contribution in [0.4, 0.5) is 4.79 Å². The smallest absolute Gasteiger partial charge is 0.325 e. The van der Waals surface area contributed by atoms with Gasteiger partial charge in [0.15, 0.2) is 17.3 Å². The minimum Gasteiger partial charge on any atom is -0.493 e. The number of Topliss-reactive ketones (excluding diaryl/α,β-unsaturated/α-hetero) is 1. The van der Waals surface area contributed by atoms with Crippen LogP contribution in [0.1, 0.15) is 35.3 Å². The van der Waals surface area contributed by atoms with Crippen LogP contribution in [0.5, 0.6) is 11.5 Å². The number of imide groups is 1. The van der Waals surface area contributed by atoms with Gasteiger partial charge in [0.1, 0.15) is 5.54 Å². The van der Waals surface area contributed by atoms with Crippen LogP contribution in [0.15, 0.2) is 42.5 Å². The average Bonchev–Trinajstić information content (AvgIpc) is 2.97. The Kier molecular flexibility index (Phi) is 5.59. The highest BCUT2D eigenvalue weighted by Gasteiger charge is 2.49. The number of hydrogen-bond acceptors (Lipinski definition) is 5. The molecule has 1 unspecified atom stereocenters. The summed E-state index contributed by atoms with van der Waals surface area (Å²) in [4.78, 5) is 39.1. The van der Waals surface area contributed by atoms with E-state index in [0.717, 1.165) is 16.9 Å². The number of ether oxygens (including phenoxy) is 2. The standard InChI is InChI=1S/C22H24N2O5/c1-5-14-6-8-15(9-7-14)17(25)13-24-20(26)22(2,23-21(24)27)16-10-11-18(28-3)19(12-16)29-4/h6-12H,5,13H2,1-4H3,(H,23,27). The van der Waals surface area contributed by atoms with Crippen molar-refractivity contribution in [2.75, 3.05) is 20.8 Å². The van der Waals surface area contributed by atoms with Gasteiger partial charge in [-0.3, -0.25) is 14.5 Å². The molecule has 0 radical (unpaired) electrons. The molecule has 0 aliphatic carbocycles. The van der Waals surface area contributed by atoms with Crippen molar-refractivity contribution in [1.29, 1.82) is 0 Å². The van der Waals surface area contributed by atoms with Gasteiger partial charge in [0.2, 0.25) is 0 Å². The molecule has 2 aromatic carbocycles. The molecule has 3 rings (SSSR count). The lowest BCUT2D eigenvalue weighted by atomic mass is 9.91. The number of hydrogen-bond donors (Lipinski definition) is 1. The van der Waals surface area contributed by atoms with Gasteiger partial charge < -0.3 is 14.8 Å². The first kappa shape index (κ1) is 20.4. The van der Waals surface area contributed by atoms with Crippen LogP contribution in [0.2, 0.25) is 0 Å². The van der Waals surface area contributed by atoms with Crippen LogP contribution in [0.25, 0.3) is 0 Å². The van der Waals surface area contributed by atoms with Gasteiger partial charge in [-0.2, -0.15) is 0 Å². The summed E-state index contributed by atoms with van der Waals surface area (Å²) in [5.41, 5.74) is 0.805. The summed E-state index contributed by atoms with van der Waals surface area (Å²) in [5, 5.41) is 2.70. The van der Waals surface area contributed by atoms with Crippen molar-refractivity contribution in [1.82, 2.24) is 10.2 Å². The number of nitrogens with one attached hydrogen (secondary N) is 1. The summed E-state index contributed by atoms with van der Waals surface area (Å²) >= 11 is 0. The zero-order chi connectivity index (χ0) is 21.2. The van der Waals surface area contributed by atoms with Crippen molar-refractivity contribution in [2.45, 2.75) is 25.8 Å². The predicted molar refractivity (Wildman–Crippen MR) is 107 cm³/mol. The maximum Gasteiger partial charge on any atom is 0.325 e. The Morgan fingerprint density at radius 3 is 2.28 bits per heavy atom. The van der Waals surface area contributed by atoms with Crippen LogP contribution in [0, 0.1) is 0 Å². The highest BCUT2D eigenvalue weighted by molar-refractivity contribution is 6.11. The lowest BCUT2D eigenvalue weighted by molar-refractivity contribution is -0.130. The second-order valence-corrected chi connectivity index (χ2v) is 6.99. The second kappa shape index (κ2) is 7.95. The van der Waals surface area contributed by atoms with Crippen molar-refractivity contribution in [3.05, 3.63) is 59.2 Å². The number of aryl methyl sites for hydroxylation is 1. The summed E-state index contributed by atoms with van der Waals surface area (Å²) in [6, 6.07) is 11.6. The number of ketones is 1. The summed E-state index contributed by atoms with van der Waals surface area (Å²) in [5.74, 6) is 0.166. The topological polar surface area (TPSA) is 84.9 Å². The molecule has 152 valence electrons. The number of methoxy groups -OCH3 is 2. The lowest BCUT2D eigenvalue weighted by Crippen LogP contribution is -2.41. The molecule has 1 aliphatic heterocycles. The third-order valence-electron chi connectivity index (χ3n) is 5.22. The van der Waals surface area contributed by atoms with Crippen LogP contribution < -0.4 is 14.8 Å². The van der Waals surface area contributed by atoms with E-state index >= 15 is 0 Å². The van der Waals surface area contributed by atoms with Crippen LogP contribution >= 0.6 is 0 Å². The average molecular weight is 396 g/mol. The molecule has 1 atom stereocenters. The van der Waals surface area contributed by atoms with E-state index in [4.69, 9.17) is 9.47 Å². The lowest BCUT2D eigenvalue weighted by Gasteiger charge is -2.23. The SMILES string of the molecule is CCc1ccc(C(=O)CN2C(=O)NC(C)(c3ccc(OC)c(OC)c3)C2=O)cc1. The van der Waals surface area contributed by atoms with Crippen molar-refractivity contribution < 1.29 is 23.9 Å². The van der Waals surface area contributed by atoms with Gasteiger partial charge in [0.05, 0.1) is 20.8 Å². The highest BCUT2D eigenvalue weighted by Crippen LogP contribution is 2.35. The second-order valence-electron chi connectivity index (χ2n) is 6.99. The molecular weight excluding hydrogens is 372 g/mol. The molecule has 0 bridgehead atoms. The van der Waals surface area contributed by atoms with Gasteiger partial charge in [0.25, 0.3) is 5.91 Å². The zero-order valence-electron chi connectivity index (χ0n) is 16.9. The van der Waals surface area contributed by atoms with Gasteiger partial charge in [-0.15, -0.1) is 0 Å². The van der Waals surface area contributed by atoms with E-state index in [9.17, 15) is 14.4 Å². The van der Waals surface area contributed by atoms with Gasteiger partial charge in [0, 0.05) is 5.56 Å². The monoisotopic (exact) mass is 396 g/mol. The maximum atomic E-state index is 13.1. The number of carbonyl (C=O) groups excluding carboxylic acids is 3. The Balaban J connectivity index is 1.84. The number of amides is 3. The molecule has 3 amide bonds. The fourth-order valence-corrected chi connectivity index (χ4v) is 3.34. The molecule has 2 aromatic rings. The van der Waals surface area contributed by atoms with Crippen LogP contribution in [0.3, 0.4) is 0 Å². The van der Waals surface area contributed by atoms with E-state index in [0.29, 0.717) is 22.6 Å². The zero-order valence-corrected chi connectivity index (χ0v) is 16.9. The third-order valence-corrected chi connectivity index (χ3v) is 5.22. The third kappa shape index (κ3) is 3.68. The molecular formula is C22H24N2O5. The Morgan fingerprint density at radius 2 is 1.69 bits per heavy atom. The number of urea groups is 1. The Hall–Kier alpha value is -3.35. The molecule has 7 nitrogen and oxygen atoms in total. The highest BCUT2D eigenvalue weighted by atomic mass is 16.5. The molecule has 7 heteroatoms. The molecule has 1 heterocycles. The van der Waals surface area contributed by atoms with Gasteiger partial charge in [-0.25, -0.2) is 4.79 Å². The van der Waals surface area contributed by atoms with E-state index < -0.39 is 17.5 Å². The maximum absolute atomic E-state index is 13.1. The minimum absolute atomic E-state index is 0.298. The van der Waals surface area contributed by atoms with E-state index in [2.05, 4.69) is 5.32 Å².